The molecule has 2 aromatic carbocycles. The Balaban J connectivity index is 1.56. The predicted molar refractivity (Wildman–Crippen MR) is 102 cm³/mol. The second-order valence-corrected chi connectivity index (χ2v) is 6.81. The van der Waals surface area contributed by atoms with Crippen molar-refractivity contribution < 1.29 is 4.79 Å². The van der Waals surface area contributed by atoms with Gasteiger partial charge in [-0.15, -0.1) is 0 Å². The molecule has 0 spiro atoms. The van der Waals surface area contributed by atoms with Crippen molar-refractivity contribution in [3.8, 4) is 11.1 Å². The Morgan fingerprint density at radius 3 is 2.68 bits per heavy atom. The molecule has 1 fully saturated rings. The van der Waals surface area contributed by atoms with Crippen LogP contribution in [0.4, 0.5) is 0 Å². The summed E-state index contributed by atoms with van der Waals surface area (Å²) in [6.07, 6.45) is 2.44. The zero-order chi connectivity index (χ0) is 17.2. The first-order valence-electron chi connectivity index (χ1n) is 8.82. The van der Waals surface area contributed by atoms with Crippen molar-refractivity contribution in [2.75, 3.05) is 33.2 Å². The van der Waals surface area contributed by atoms with Crippen molar-refractivity contribution in [1.29, 1.82) is 0 Å². The maximum atomic E-state index is 12.6. The summed E-state index contributed by atoms with van der Waals surface area (Å²) in [4.78, 5) is 20.1. The van der Waals surface area contributed by atoms with E-state index in [9.17, 15) is 4.79 Å². The van der Waals surface area contributed by atoms with Gasteiger partial charge in [-0.3, -0.25) is 4.79 Å². The number of likely N-dealkylation sites (N-methyl/N-ethyl adjacent to an activating group) is 1. The van der Waals surface area contributed by atoms with E-state index >= 15 is 0 Å². The quantitative estimate of drug-likeness (QED) is 0.800. The summed E-state index contributed by atoms with van der Waals surface area (Å²) in [5.74, 6) is 0.227. The summed E-state index contributed by atoms with van der Waals surface area (Å²) in [5, 5.41) is 1.21. The van der Waals surface area contributed by atoms with Crippen molar-refractivity contribution in [2.45, 2.75) is 6.42 Å². The first-order chi connectivity index (χ1) is 12.2. The number of rotatable bonds is 3. The van der Waals surface area contributed by atoms with Gasteiger partial charge in [0.25, 0.3) is 0 Å². The Labute approximate surface area is 148 Å². The Morgan fingerprint density at radius 2 is 1.84 bits per heavy atom. The number of H-pyrrole nitrogens is 1. The van der Waals surface area contributed by atoms with E-state index in [2.05, 4.69) is 59.4 Å². The van der Waals surface area contributed by atoms with Gasteiger partial charge in [-0.2, -0.15) is 0 Å². The standard InChI is InChI=1S/C21H23N3O/c1-23-10-12-24(13-11-23)21(25)15-16-4-2-5-17(14-16)18-6-3-7-20-19(18)8-9-22-20/h2-9,14,22H,10-13,15H2,1H3. The zero-order valence-electron chi connectivity index (χ0n) is 14.5. The van der Waals surface area contributed by atoms with Gasteiger partial charge in [-0.25, -0.2) is 0 Å². The molecule has 2 heterocycles. The molecule has 3 aromatic rings. The van der Waals surface area contributed by atoms with Crippen molar-refractivity contribution in [2.24, 2.45) is 0 Å². The molecule has 4 rings (SSSR count). The number of nitrogens with zero attached hydrogens (tertiary/aromatic N) is 2. The lowest BCUT2D eigenvalue weighted by Gasteiger charge is -2.32. The molecular formula is C21H23N3O. The monoisotopic (exact) mass is 333 g/mol. The van der Waals surface area contributed by atoms with Gasteiger partial charge < -0.3 is 14.8 Å². The molecule has 0 atom stereocenters. The number of aromatic nitrogens is 1. The molecule has 1 saturated heterocycles. The van der Waals surface area contributed by atoms with Crippen LogP contribution in [0.3, 0.4) is 0 Å². The van der Waals surface area contributed by atoms with Crippen LogP contribution < -0.4 is 0 Å². The number of benzene rings is 2. The number of hydrogen-bond acceptors (Lipinski definition) is 2. The summed E-state index contributed by atoms with van der Waals surface area (Å²) in [7, 11) is 2.10. The molecule has 0 radical (unpaired) electrons. The SMILES string of the molecule is CN1CCN(C(=O)Cc2cccc(-c3cccc4[nH]ccc34)c2)CC1. The second-order valence-electron chi connectivity index (χ2n) is 6.81. The molecule has 1 aliphatic heterocycles. The van der Waals surface area contributed by atoms with Crippen LogP contribution in [0.25, 0.3) is 22.0 Å². The van der Waals surface area contributed by atoms with Crippen molar-refractivity contribution in [3.05, 3.63) is 60.3 Å². The first-order valence-corrected chi connectivity index (χ1v) is 8.82. The minimum atomic E-state index is 0.227. The van der Waals surface area contributed by atoms with E-state index in [-0.39, 0.29) is 5.91 Å². The molecule has 0 bridgehead atoms. The fourth-order valence-electron chi connectivity index (χ4n) is 3.53. The van der Waals surface area contributed by atoms with Crippen LogP contribution in [0, 0.1) is 0 Å². The van der Waals surface area contributed by atoms with Crippen LogP contribution in [-0.2, 0) is 11.2 Å². The molecule has 1 N–H and O–H groups in total. The second kappa shape index (κ2) is 6.73. The molecule has 0 aliphatic carbocycles. The lowest BCUT2D eigenvalue weighted by atomic mass is 9.98. The molecule has 128 valence electrons. The normalized spacial score (nSPS) is 15.6. The molecule has 1 aromatic heterocycles. The van der Waals surface area contributed by atoms with E-state index in [4.69, 9.17) is 0 Å². The van der Waals surface area contributed by atoms with Crippen LogP contribution in [0.5, 0.6) is 0 Å². The smallest absolute Gasteiger partial charge is 0.227 e. The van der Waals surface area contributed by atoms with Crippen LogP contribution in [0.2, 0.25) is 0 Å². The van der Waals surface area contributed by atoms with Gasteiger partial charge in [-0.1, -0.05) is 36.4 Å². The zero-order valence-corrected chi connectivity index (χ0v) is 14.5. The Kier molecular flexibility index (Phi) is 4.28. The summed E-state index contributed by atoms with van der Waals surface area (Å²) < 4.78 is 0. The number of hydrogen-bond donors (Lipinski definition) is 1. The highest BCUT2D eigenvalue weighted by Crippen LogP contribution is 2.28. The van der Waals surface area contributed by atoms with Crippen LogP contribution in [-0.4, -0.2) is 53.9 Å². The molecule has 0 unspecified atom stereocenters. The van der Waals surface area contributed by atoms with Gasteiger partial charge >= 0.3 is 0 Å². The lowest BCUT2D eigenvalue weighted by molar-refractivity contribution is -0.132. The van der Waals surface area contributed by atoms with E-state index in [1.165, 1.54) is 10.9 Å². The minimum absolute atomic E-state index is 0.227. The lowest BCUT2D eigenvalue weighted by Crippen LogP contribution is -2.47. The minimum Gasteiger partial charge on any atom is -0.361 e. The van der Waals surface area contributed by atoms with Gasteiger partial charge in [0.05, 0.1) is 6.42 Å². The number of fused-ring (bicyclic) bond motifs is 1. The van der Waals surface area contributed by atoms with Gasteiger partial charge in [-0.05, 0) is 35.9 Å². The number of piperazine rings is 1. The fraction of sp³-hybridized carbons (Fsp3) is 0.286. The van der Waals surface area contributed by atoms with Crippen LogP contribution in [0.1, 0.15) is 5.56 Å². The Hall–Kier alpha value is -2.59. The highest BCUT2D eigenvalue weighted by atomic mass is 16.2. The maximum Gasteiger partial charge on any atom is 0.227 e. The Morgan fingerprint density at radius 1 is 1.04 bits per heavy atom. The highest BCUT2D eigenvalue weighted by molar-refractivity contribution is 5.95. The predicted octanol–water partition coefficient (Wildman–Crippen LogP) is 3.15. The number of carbonyl (C=O) groups is 1. The first kappa shape index (κ1) is 15.9. The topological polar surface area (TPSA) is 39.3 Å². The van der Waals surface area contributed by atoms with Crippen LogP contribution >= 0.6 is 0 Å². The molecule has 25 heavy (non-hydrogen) atoms. The number of amides is 1. The summed E-state index contributed by atoms with van der Waals surface area (Å²) >= 11 is 0. The molecular weight excluding hydrogens is 310 g/mol. The van der Waals surface area contributed by atoms with Gasteiger partial charge in [0.1, 0.15) is 0 Å². The van der Waals surface area contributed by atoms with E-state index < -0.39 is 0 Å². The van der Waals surface area contributed by atoms with Crippen molar-refractivity contribution >= 4 is 16.8 Å². The summed E-state index contributed by atoms with van der Waals surface area (Å²) in [6.45, 7) is 3.58. The third-order valence-corrected chi connectivity index (χ3v) is 5.04. The van der Waals surface area contributed by atoms with E-state index in [0.29, 0.717) is 6.42 Å². The molecule has 4 nitrogen and oxygen atoms in total. The van der Waals surface area contributed by atoms with Crippen molar-refractivity contribution in [3.63, 3.8) is 0 Å². The average Bonchev–Trinajstić information content (AvgIpc) is 3.11. The van der Waals surface area contributed by atoms with E-state index in [1.54, 1.807) is 0 Å². The average molecular weight is 333 g/mol. The Bertz CT molecular complexity index is 891. The largest absolute Gasteiger partial charge is 0.361 e. The third-order valence-electron chi connectivity index (χ3n) is 5.04. The van der Waals surface area contributed by atoms with E-state index in [1.807, 2.05) is 17.2 Å². The molecule has 4 heteroatoms. The van der Waals surface area contributed by atoms with E-state index in [0.717, 1.165) is 42.8 Å². The summed E-state index contributed by atoms with van der Waals surface area (Å²) in [6, 6.07) is 16.8. The van der Waals surface area contributed by atoms with Crippen molar-refractivity contribution in [1.82, 2.24) is 14.8 Å². The fourth-order valence-corrected chi connectivity index (χ4v) is 3.53. The number of carbonyl (C=O) groups excluding carboxylic acids is 1. The maximum absolute atomic E-state index is 12.6. The van der Waals surface area contributed by atoms with Gasteiger partial charge in [0, 0.05) is 43.3 Å². The van der Waals surface area contributed by atoms with Gasteiger partial charge in [0.15, 0.2) is 0 Å². The number of nitrogens with one attached hydrogen (secondary N) is 1. The molecule has 0 saturated carbocycles. The molecule has 1 aliphatic rings. The van der Waals surface area contributed by atoms with Crippen LogP contribution in [0.15, 0.2) is 54.7 Å². The number of aromatic amines is 1. The molecule has 1 amide bonds. The highest BCUT2D eigenvalue weighted by Gasteiger charge is 2.19. The van der Waals surface area contributed by atoms with Gasteiger partial charge in [0.2, 0.25) is 5.91 Å². The summed E-state index contributed by atoms with van der Waals surface area (Å²) in [5.41, 5.74) is 4.58. The third kappa shape index (κ3) is 3.30.